The van der Waals surface area contributed by atoms with Gasteiger partial charge in [0.1, 0.15) is 0 Å². The van der Waals surface area contributed by atoms with Crippen molar-refractivity contribution in [2.75, 3.05) is 0 Å². The topological polar surface area (TPSA) is 49.6 Å². The molecule has 3 nitrogen and oxygen atoms in total. The molecule has 0 atom stereocenters. The molecule has 2 heterocycles. The van der Waals surface area contributed by atoms with E-state index in [1.54, 1.807) is 0 Å². The molecule has 8 aromatic rings. The van der Waals surface area contributed by atoms with Crippen LogP contribution in [0, 0.1) is 11.3 Å². The van der Waals surface area contributed by atoms with E-state index in [2.05, 4.69) is 114 Å². The van der Waals surface area contributed by atoms with Gasteiger partial charge in [-0.1, -0.05) is 97.1 Å². The van der Waals surface area contributed by atoms with Crippen LogP contribution in [0.1, 0.15) is 5.56 Å². The molecule has 0 amide bonds. The minimum atomic E-state index is 0.667. The van der Waals surface area contributed by atoms with Gasteiger partial charge >= 0.3 is 0 Å². The average molecular weight is 534 g/mol. The Hall–Kier alpha value is -5.85. The van der Waals surface area contributed by atoms with Crippen molar-refractivity contribution in [1.29, 1.82) is 5.26 Å². The minimum Gasteiger partial charge on any atom is -0.254 e. The number of nitrogens with zero attached hydrogens (tertiary/aromatic N) is 3. The summed E-state index contributed by atoms with van der Waals surface area (Å²) in [5, 5.41) is 16.0. The summed E-state index contributed by atoms with van der Waals surface area (Å²) < 4.78 is 0. The Labute approximate surface area is 243 Å². The number of nitriles is 1. The summed E-state index contributed by atoms with van der Waals surface area (Å²) in [6.07, 6.45) is 1.83. The SMILES string of the molecule is N#Cc1ccc(-c2ccc3cc(-c4ccc5ccccc5c4-c4ccc5ccc6cccnc6c5n4)ccc3c2)cc1. The molecular weight excluding hydrogens is 510 g/mol. The monoisotopic (exact) mass is 533 g/mol. The van der Waals surface area contributed by atoms with Crippen molar-refractivity contribution in [1.82, 2.24) is 9.97 Å². The molecule has 0 saturated heterocycles. The fourth-order valence-electron chi connectivity index (χ4n) is 5.98. The largest absolute Gasteiger partial charge is 0.254 e. The van der Waals surface area contributed by atoms with Crippen LogP contribution in [0.2, 0.25) is 0 Å². The van der Waals surface area contributed by atoms with Crippen LogP contribution in [0.25, 0.3) is 76.9 Å². The summed E-state index contributed by atoms with van der Waals surface area (Å²) in [6, 6.07) is 48.7. The van der Waals surface area contributed by atoms with Gasteiger partial charge in [-0.3, -0.25) is 4.98 Å². The summed E-state index contributed by atoms with van der Waals surface area (Å²) in [5.74, 6) is 0. The van der Waals surface area contributed by atoms with Gasteiger partial charge in [-0.05, 0) is 80.2 Å². The first-order valence-electron chi connectivity index (χ1n) is 14.0. The number of fused-ring (bicyclic) bond motifs is 5. The van der Waals surface area contributed by atoms with E-state index in [4.69, 9.17) is 10.2 Å². The lowest BCUT2D eigenvalue weighted by molar-refractivity contribution is 1.37. The van der Waals surface area contributed by atoms with Gasteiger partial charge in [0, 0.05) is 22.5 Å². The number of hydrogen-bond donors (Lipinski definition) is 0. The Bertz CT molecular complexity index is 2360. The predicted molar refractivity (Wildman–Crippen MR) is 173 cm³/mol. The third kappa shape index (κ3) is 3.98. The molecule has 6 aromatic carbocycles. The molecule has 0 unspecified atom stereocenters. The second kappa shape index (κ2) is 9.66. The summed E-state index contributed by atoms with van der Waals surface area (Å²) in [7, 11) is 0. The third-order valence-corrected chi connectivity index (χ3v) is 8.12. The second-order valence-corrected chi connectivity index (χ2v) is 10.6. The van der Waals surface area contributed by atoms with E-state index in [1.807, 2.05) is 36.5 Å². The van der Waals surface area contributed by atoms with Crippen molar-refractivity contribution in [3.63, 3.8) is 0 Å². The highest BCUT2D eigenvalue weighted by atomic mass is 14.8. The molecule has 0 saturated carbocycles. The zero-order chi connectivity index (χ0) is 28.0. The number of rotatable bonds is 3. The standard InChI is InChI=1S/C39H23N3/c40-24-25-7-9-26(10-8-25)30-13-14-32-23-33(16-15-31(32)22-30)35-19-17-27-4-1-2-6-34(27)37(35)36-20-18-29-12-11-28-5-3-21-41-38(28)39(29)42-36/h1-23H. The van der Waals surface area contributed by atoms with Crippen molar-refractivity contribution >= 4 is 43.4 Å². The molecule has 0 bridgehead atoms. The highest BCUT2D eigenvalue weighted by molar-refractivity contribution is 6.07. The van der Waals surface area contributed by atoms with Gasteiger partial charge in [-0.15, -0.1) is 0 Å². The first-order chi connectivity index (χ1) is 20.7. The summed E-state index contributed by atoms with van der Waals surface area (Å²) in [6.45, 7) is 0. The maximum atomic E-state index is 9.14. The van der Waals surface area contributed by atoms with Gasteiger partial charge in [0.2, 0.25) is 0 Å². The lowest BCUT2D eigenvalue weighted by Crippen LogP contribution is -1.93. The summed E-state index contributed by atoms with van der Waals surface area (Å²) in [5.41, 5.74) is 9.08. The lowest BCUT2D eigenvalue weighted by Gasteiger charge is -2.15. The summed E-state index contributed by atoms with van der Waals surface area (Å²) >= 11 is 0. The highest BCUT2D eigenvalue weighted by Crippen LogP contribution is 2.39. The fourth-order valence-corrected chi connectivity index (χ4v) is 5.98. The van der Waals surface area contributed by atoms with E-state index in [1.165, 1.54) is 21.5 Å². The molecule has 42 heavy (non-hydrogen) atoms. The molecule has 0 aliphatic rings. The number of hydrogen-bond acceptors (Lipinski definition) is 3. The minimum absolute atomic E-state index is 0.667. The molecule has 2 aromatic heterocycles. The lowest BCUT2D eigenvalue weighted by atomic mass is 9.90. The van der Waals surface area contributed by atoms with E-state index < -0.39 is 0 Å². The van der Waals surface area contributed by atoms with E-state index >= 15 is 0 Å². The Kier molecular flexibility index (Phi) is 5.52. The molecule has 0 aliphatic heterocycles. The van der Waals surface area contributed by atoms with Crippen LogP contribution >= 0.6 is 0 Å². The van der Waals surface area contributed by atoms with Gasteiger partial charge < -0.3 is 0 Å². The van der Waals surface area contributed by atoms with Crippen molar-refractivity contribution in [2.45, 2.75) is 0 Å². The second-order valence-electron chi connectivity index (χ2n) is 10.6. The number of benzene rings is 6. The molecule has 0 spiro atoms. The van der Waals surface area contributed by atoms with E-state index in [0.717, 1.165) is 55.3 Å². The molecule has 0 radical (unpaired) electrons. The molecule has 8 rings (SSSR count). The Balaban J connectivity index is 1.31. The van der Waals surface area contributed by atoms with Crippen LogP contribution < -0.4 is 0 Å². The molecule has 3 heteroatoms. The van der Waals surface area contributed by atoms with Crippen LogP contribution in [0.3, 0.4) is 0 Å². The van der Waals surface area contributed by atoms with Gasteiger partial charge in [-0.25, -0.2) is 4.98 Å². The fraction of sp³-hybridized carbons (Fsp3) is 0. The number of pyridine rings is 2. The number of aromatic nitrogens is 2. The van der Waals surface area contributed by atoms with Crippen LogP contribution in [0.15, 0.2) is 140 Å². The van der Waals surface area contributed by atoms with Crippen molar-refractivity contribution in [2.24, 2.45) is 0 Å². The maximum absolute atomic E-state index is 9.14. The van der Waals surface area contributed by atoms with E-state index in [-0.39, 0.29) is 0 Å². The molecule has 0 fully saturated rings. The van der Waals surface area contributed by atoms with Crippen molar-refractivity contribution in [3.05, 3.63) is 145 Å². The molecule has 194 valence electrons. The molecule has 0 aliphatic carbocycles. The van der Waals surface area contributed by atoms with Crippen LogP contribution in [-0.4, -0.2) is 9.97 Å². The normalized spacial score (nSPS) is 11.3. The first kappa shape index (κ1) is 24.0. The zero-order valence-electron chi connectivity index (χ0n) is 22.6. The average Bonchev–Trinajstić information content (AvgIpc) is 3.07. The van der Waals surface area contributed by atoms with Crippen LogP contribution in [-0.2, 0) is 0 Å². The third-order valence-electron chi connectivity index (χ3n) is 8.12. The van der Waals surface area contributed by atoms with Gasteiger partial charge in [0.05, 0.1) is 28.4 Å². The Morgan fingerprint density at radius 3 is 1.98 bits per heavy atom. The summed E-state index contributed by atoms with van der Waals surface area (Å²) in [4.78, 5) is 9.93. The first-order valence-corrected chi connectivity index (χ1v) is 14.0. The Morgan fingerprint density at radius 2 is 1.14 bits per heavy atom. The van der Waals surface area contributed by atoms with Crippen LogP contribution in [0.5, 0.6) is 0 Å². The van der Waals surface area contributed by atoms with E-state index in [0.29, 0.717) is 5.56 Å². The Morgan fingerprint density at radius 1 is 0.500 bits per heavy atom. The highest BCUT2D eigenvalue weighted by Gasteiger charge is 2.15. The zero-order valence-corrected chi connectivity index (χ0v) is 22.6. The maximum Gasteiger partial charge on any atom is 0.0991 e. The van der Waals surface area contributed by atoms with Gasteiger partial charge in [-0.2, -0.15) is 5.26 Å². The molecule has 0 N–H and O–H groups in total. The van der Waals surface area contributed by atoms with Crippen LogP contribution in [0.4, 0.5) is 0 Å². The predicted octanol–water partition coefficient (Wildman–Crippen LogP) is 9.96. The van der Waals surface area contributed by atoms with Gasteiger partial charge in [0.15, 0.2) is 0 Å². The smallest absolute Gasteiger partial charge is 0.0991 e. The van der Waals surface area contributed by atoms with Gasteiger partial charge in [0.25, 0.3) is 0 Å². The van der Waals surface area contributed by atoms with Crippen molar-refractivity contribution < 1.29 is 0 Å². The molecular formula is C39H23N3. The van der Waals surface area contributed by atoms with Crippen molar-refractivity contribution in [3.8, 4) is 39.6 Å². The quantitative estimate of drug-likeness (QED) is 0.212. The van der Waals surface area contributed by atoms with E-state index in [9.17, 15) is 0 Å².